The highest BCUT2D eigenvalue weighted by Gasteiger charge is 2.49. The maximum absolute atomic E-state index is 15.0. The first-order valence-corrected chi connectivity index (χ1v) is 21.0. The van der Waals surface area contributed by atoms with Crippen LogP contribution in [0.1, 0.15) is 95.3 Å². The molecule has 3 N–H and O–H groups in total. The van der Waals surface area contributed by atoms with Crippen LogP contribution in [0.2, 0.25) is 0 Å². The molecule has 1 saturated carbocycles. The normalized spacial score (nSPS) is 20.3. The summed E-state index contributed by atoms with van der Waals surface area (Å²) in [7, 11) is 2.73. The molecule has 3 aromatic rings. The van der Waals surface area contributed by atoms with Crippen molar-refractivity contribution >= 4 is 64.5 Å². The molecule has 1 aliphatic carbocycles. The number of carbonyl (C=O) groups excluding carboxylic acids is 7. The van der Waals surface area contributed by atoms with Crippen molar-refractivity contribution < 1.29 is 51.8 Å². The van der Waals surface area contributed by atoms with Crippen LogP contribution in [0.25, 0.3) is 0 Å². The summed E-state index contributed by atoms with van der Waals surface area (Å²) in [6, 6.07) is 7.92. The third kappa shape index (κ3) is 8.57. The molecule has 18 nitrogen and oxygen atoms in total. The molecule has 7 amide bonds. The van der Waals surface area contributed by atoms with Gasteiger partial charge in [0.1, 0.15) is 23.2 Å². The highest BCUT2D eigenvalue weighted by Crippen LogP contribution is 2.40. The Morgan fingerprint density at radius 3 is 2.46 bits per heavy atom. The summed E-state index contributed by atoms with van der Waals surface area (Å²) in [5.41, 5.74) is 1.08. The van der Waals surface area contributed by atoms with E-state index in [-0.39, 0.29) is 84.1 Å². The lowest BCUT2D eigenvalue weighted by Gasteiger charge is -2.32. The van der Waals surface area contributed by atoms with Crippen molar-refractivity contribution in [1.29, 1.82) is 0 Å². The van der Waals surface area contributed by atoms with E-state index in [0.29, 0.717) is 62.2 Å². The van der Waals surface area contributed by atoms with Crippen molar-refractivity contribution in [2.24, 2.45) is 0 Å². The quantitative estimate of drug-likeness (QED) is 0.176. The number of hydrogen-bond donors (Lipinski definition) is 3. The van der Waals surface area contributed by atoms with Crippen LogP contribution in [0.15, 0.2) is 42.6 Å². The number of nitrogens with zero attached hydrogens (tertiary/aromatic N) is 6. The van der Waals surface area contributed by atoms with E-state index in [4.69, 9.17) is 9.47 Å². The van der Waals surface area contributed by atoms with Crippen molar-refractivity contribution in [3.63, 3.8) is 0 Å². The first kappa shape index (κ1) is 42.9. The van der Waals surface area contributed by atoms with Gasteiger partial charge in [0.25, 0.3) is 23.6 Å². The monoisotopic (exact) mass is 871 g/mol. The Kier molecular flexibility index (Phi) is 12.0. The average Bonchev–Trinajstić information content (AvgIpc) is 3.89. The number of likely N-dealkylation sites (tertiary alicyclic amines) is 1. The first-order valence-electron chi connectivity index (χ1n) is 21.0. The Morgan fingerprint density at radius 2 is 1.73 bits per heavy atom. The number of piperidine rings is 2. The number of rotatable bonds is 12. The van der Waals surface area contributed by atoms with E-state index in [1.165, 1.54) is 31.3 Å². The number of aromatic nitrogens is 2. The van der Waals surface area contributed by atoms with Gasteiger partial charge >= 0.3 is 5.92 Å². The van der Waals surface area contributed by atoms with Crippen LogP contribution < -0.4 is 35.2 Å². The molecule has 0 radical (unpaired) electrons. The molecule has 332 valence electrons. The van der Waals surface area contributed by atoms with Gasteiger partial charge in [-0.15, -0.1) is 0 Å². The van der Waals surface area contributed by atoms with Crippen LogP contribution in [-0.2, 0) is 19.2 Å². The van der Waals surface area contributed by atoms with E-state index in [1.807, 2.05) is 0 Å². The third-order valence-electron chi connectivity index (χ3n) is 12.3. The molecule has 3 fully saturated rings. The summed E-state index contributed by atoms with van der Waals surface area (Å²) in [5, 5.41) is 8.29. The molecule has 1 unspecified atom stereocenters. The Balaban J connectivity index is 0.820. The largest absolute Gasteiger partial charge is 0.495 e. The molecule has 1 aromatic heterocycles. The summed E-state index contributed by atoms with van der Waals surface area (Å²) in [6.07, 6.45) is 6.16. The van der Waals surface area contributed by atoms with Gasteiger partial charge in [-0.2, -0.15) is 13.8 Å². The van der Waals surface area contributed by atoms with Gasteiger partial charge in [-0.3, -0.25) is 43.8 Å². The molecule has 8 rings (SSSR count). The maximum atomic E-state index is 15.0. The zero-order valence-electron chi connectivity index (χ0n) is 34.8. The van der Waals surface area contributed by atoms with Crippen molar-refractivity contribution in [3.8, 4) is 11.5 Å². The summed E-state index contributed by atoms with van der Waals surface area (Å²) in [6.45, 7) is 0.160. The predicted molar refractivity (Wildman–Crippen MR) is 221 cm³/mol. The summed E-state index contributed by atoms with van der Waals surface area (Å²) in [4.78, 5) is 104. The van der Waals surface area contributed by atoms with Gasteiger partial charge in [0.05, 0.1) is 43.3 Å². The molecule has 0 bridgehead atoms. The fourth-order valence-corrected chi connectivity index (χ4v) is 8.87. The number of fused-ring (bicyclic) bond motifs is 2. The first-order chi connectivity index (χ1) is 30.2. The Morgan fingerprint density at radius 1 is 0.968 bits per heavy atom. The highest BCUT2D eigenvalue weighted by atomic mass is 19.3. The number of ether oxygens (including phenoxy) is 2. The predicted octanol–water partition coefficient (Wildman–Crippen LogP) is 3.57. The second-order valence-electron chi connectivity index (χ2n) is 16.3. The van der Waals surface area contributed by atoms with Gasteiger partial charge in [0.2, 0.25) is 23.7 Å². The lowest BCUT2D eigenvalue weighted by molar-refractivity contribution is -0.140. The number of benzene rings is 2. The molecule has 20 heteroatoms. The lowest BCUT2D eigenvalue weighted by atomic mass is 10.0. The average molecular weight is 872 g/mol. The fraction of sp³-hybridized carbons (Fsp3) is 0.465. The number of alkyl halides is 2. The minimum Gasteiger partial charge on any atom is -0.495 e. The minimum atomic E-state index is -3.60. The van der Waals surface area contributed by atoms with E-state index in [1.54, 1.807) is 35.2 Å². The van der Waals surface area contributed by atoms with Gasteiger partial charge < -0.3 is 34.8 Å². The van der Waals surface area contributed by atoms with Crippen molar-refractivity contribution in [3.05, 3.63) is 59.3 Å². The topological polar surface area (TPSA) is 213 Å². The van der Waals surface area contributed by atoms with Gasteiger partial charge in [0, 0.05) is 50.6 Å². The van der Waals surface area contributed by atoms with E-state index in [0.717, 1.165) is 22.6 Å². The van der Waals surface area contributed by atoms with Gasteiger partial charge in [-0.1, -0.05) is 18.9 Å². The second kappa shape index (κ2) is 17.6. The van der Waals surface area contributed by atoms with Crippen molar-refractivity contribution in [2.45, 2.75) is 88.3 Å². The zero-order valence-corrected chi connectivity index (χ0v) is 34.8. The number of carbonyl (C=O) groups is 7. The van der Waals surface area contributed by atoms with E-state index >= 15 is 8.78 Å². The molecule has 63 heavy (non-hydrogen) atoms. The summed E-state index contributed by atoms with van der Waals surface area (Å²) < 4.78 is 41.5. The van der Waals surface area contributed by atoms with E-state index in [2.05, 4.69) is 25.9 Å². The van der Waals surface area contributed by atoms with Crippen LogP contribution in [-0.4, -0.2) is 126 Å². The molecule has 5 heterocycles. The zero-order chi connectivity index (χ0) is 44.6. The van der Waals surface area contributed by atoms with E-state index in [9.17, 15) is 33.6 Å². The molecule has 5 aliphatic rings. The van der Waals surface area contributed by atoms with Crippen molar-refractivity contribution in [2.75, 3.05) is 55.5 Å². The Bertz CT molecular complexity index is 2370. The van der Waals surface area contributed by atoms with Gasteiger partial charge in [-0.25, -0.2) is 4.98 Å². The molecule has 2 aromatic carbocycles. The van der Waals surface area contributed by atoms with Crippen LogP contribution in [0.4, 0.5) is 31.9 Å². The molecular formula is C43H47F2N9O9. The number of halogens is 2. The van der Waals surface area contributed by atoms with Crippen LogP contribution in [0, 0.1) is 0 Å². The molecule has 4 aliphatic heterocycles. The second-order valence-corrected chi connectivity index (χ2v) is 16.3. The number of imide groups is 2. The Hall–Kier alpha value is -6.73. The highest BCUT2D eigenvalue weighted by molar-refractivity contribution is 6.24. The number of anilines is 4. The minimum absolute atomic E-state index is 0.00886. The fourth-order valence-electron chi connectivity index (χ4n) is 8.87. The third-order valence-corrected chi connectivity index (χ3v) is 12.3. The summed E-state index contributed by atoms with van der Waals surface area (Å²) >= 11 is 0. The number of methoxy groups -OCH3 is 1. The molecule has 1 atom stereocenters. The molecular weight excluding hydrogens is 825 g/mol. The molecule has 0 spiro atoms. The number of hydrogen-bond acceptors (Lipinski definition) is 13. The maximum Gasteiger partial charge on any atom is 0.342 e. The van der Waals surface area contributed by atoms with Crippen LogP contribution >= 0.6 is 0 Å². The lowest BCUT2D eigenvalue weighted by Crippen LogP contribution is -2.54. The Labute approximate surface area is 360 Å². The van der Waals surface area contributed by atoms with Gasteiger partial charge in [0.15, 0.2) is 5.82 Å². The van der Waals surface area contributed by atoms with Crippen LogP contribution in [0.3, 0.4) is 0 Å². The number of nitrogens with one attached hydrogen (secondary N) is 3. The summed E-state index contributed by atoms with van der Waals surface area (Å²) in [5.74, 6) is -7.02. The number of amides is 7. The van der Waals surface area contributed by atoms with Crippen molar-refractivity contribution in [1.82, 2.24) is 30.4 Å². The van der Waals surface area contributed by atoms with E-state index < -0.39 is 48.0 Å². The SMILES string of the molecule is COc1cc(C(=O)NC2CCN(C(=O)CCCOc3cccc4c3C(=O)N(C3CCC(=O)NC3=O)C4=O)CC2)ccc1Nc1ncc2c(n1)N(C1CCCC1)CC(F)(F)C(=O)N2C. The standard InChI is InChI=1S/C43H47F2N9O9/c1-51-30-22-46-42(50-36(30)53(26-7-3-4-8-26)23-43(44,45)41(51)61)48-28-13-12-24(21-32(28)62-2)37(57)47-25-16-18-52(19-17-25)34(56)11-6-20-63-31-10-5-9-27-35(31)40(60)54(39(27)59)29-14-15-33(55)49-38(29)58/h5,9-10,12-13,21-22,25-26,29H,3-4,6-8,11,14-20,23H2,1-2H3,(H,47,57)(H,46,48,50)(H,49,55,58). The molecule has 2 saturated heterocycles. The smallest absolute Gasteiger partial charge is 0.342 e. The van der Waals surface area contributed by atoms with Gasteiger partial charge in [-0.05, 0) is 68.9 Å². The van der Waals surface area contributed by atoms with Crippen LogP contribution in [0.5, 0.6) is 11.5 Å².